The highest BCUT2D eigenvalue weighted by Gasteiger charge is 2.29. The first-order chi connectivity index (χ1) is 9.97. The van der Waals surface area contributed by atoms with Crippen LogP contribution in [0.1, 0.15) is 65.2 Å². The molecule has 1 aliphatic rings. The lowest BCUT2D eigenvalue weighted by molar-refractivity contribution is 0.550. The second kappa shape index (κ2) is 5.89. The van der Waals surface area contributed by atoms with Crippen LogP contribution >= 0.6 is 27.3 Å². The van der Waals surface area contributed by atoms with Gasteiger partial charge in [-0.1, -0.05) is 61.0 Å². The van der Waals surface area contributed by atoms with Gasteiger partial charge in [-0.15, -0.1) is 11.3 Å². The SMILES string of the molecule is CC(C)(C)c1ccc(C(Br)C2CCCc3ccccc32)s1. The molecule has 1 aromatic carbocycles. The zero-order valence-corrected chi connectivity index (χ0v) is 15.4. The number of fused-ring (bicyclic) bond motifs is 1. The van der Waals surface area contributed by atoms with Crippen molar-refractivity contribution in [2.24, 2.45) is 0 Å². The summed E-state index contributed by atoms with van der Waals surface area (Å²) in [6, 6.07) is 13.6. The molecule has 1 heterocycles. The molecule has 0 N–H and O–H groups in total. The Labute approximate surface area is 140 Å². The van der Waals surface area contributed by atoms with E-state index in [0.717, 1.165) is 0 Å². The molecule has 0 saturated heterocycles. The van der Waals surface area contributed by atoms with Gasteiger partial charge in [0.1, 0.15) is 0 Å². The van der Waals surface area contributed by atoms with Crippen LogP contribution in [0.15, 0.2) is 36.4 Å². The fourth-order valence-corrected chi connectivity index (χ4v) is 5.29. The largest absolute Gasteiger partial charge is 0.144 e. The average Bonchev–Trinajstić information content (AvgIpc) is 2.96. The molecular weight excluding hydrogens is 340 g/mol. The highest BCUT2D eigenvalue weighted by atomic mass is 79.9. The van der Waals surface area contributed by atoms with E-state index in [4.69, 9.17) is 0 Å². The Hall–Kier alpha value is -0.600. The lowest BCUT2D eigenvalue weighted by Crippen LogP contribution is -2.13. The van der Waals surface area contributed by atoms with E-state index in [1.807, 2.05) is 11.3 Å². The van der Waals surface area contributed by atoms with Gasteiger partial charge in [0.25, 0.3) is 0 Å². The van der Waals surface area contributed by atoms with E-state index < -0.39 is 0 Å². The van der Waals surface area contributed by atoms with Crippen LogP contribution in [0.5, 0.6) is 0 Å². The van der Waals surface area contributed by atoms with Crippen LogP contribution in [-0.2, 0) is 11.8 Å². The zero-order chi connectivity index (χ0) is 15.0. The van der Waals surface area contributed by atoms with Gasteiger partial charge in [0, 0.05) is 15.7 Å². The standard InChI is InChI=1S/C19H23BrS/c1-19(2,3)17-12-11-16(21-17)18(20)15-10-6-8-13-7-4-5-9-14(13)15/h4-5,7,9,11-12,15,18H,6,8,10H2,1-3H3. The zero-order valence-electron chi connectivity index (χ0n) is 13.0. The smallest absolute Gasteiger partial charge is 0.0557 e. The summed E-state index contributed by atoms with van der Waals surface area (Å²) in [6.45, 7) is 6.88. The molecule has 1 aromatic heterocycles. The maximum atomic E-state index is 4.01. The Bertz CT molecular complexity index is 620. The highest BCUT2D eigenvalue weighted by molar-refractivity contribution is 9.09. The molecule has 21 heavy (non-hydrogen) atoms. The molecule has 0 aliphatic heterocycles. The van der Waals surface area contributed by atoms with Crippen LogP contribution in [0.4, 0.5) is 0 Å². The van der Waals surface area contributed by atoms with E-state index in [1.54, 1.807) is 11.1 Å². The number of alkyl halides is 1. The molecule has 0 radical (unpaired) electrons. The third kappa shape index (κ3) is 3.12. The van der Waals surface area contributed by atoms with E-state index >= 15 is 0 Å². The number of hydrogen-bond donors (Lipinski definition) is 0. The van der Waals surface area contributed by atoms with Crippen molar-refractivity contribution in [2.45, 2.75) is 56.2 Å². The van der Waals surface area contributed by atoms with E-state index in [9.17, 15) is 0 Å². The minimum Gasteiger partial charge on any atom is -0.144 e. The van der Waals surface area contributed by atoms with E-state index in [2.05, 4.69) is 73.1 Å². The van der Waals surface area contributed by atoms with Crippen molar-refractivity contribution in [1.82, 2.24) is 0 Å². The summed E-state index contributed by atoms with van der Waals surface area (Å²) in [6.07, 6.45) is 3.83. The first-order valence-corrected chi connectivity index (χ1v) is 9.52. The second-order valence-corrected chi connectivity index (χ2v) is 9.15. The van der Waals surface area contributed by atoms with Crippen molar-refractivity contribution in [3.8, 4) is 0 Å². The van der Waals surface area contributed by atoms with Crippen molar-refractivity contribution in [2.75, 3.05) is 0 Å². The molecular formula is C19H23BrS. The Kier molecular flexibility index (Phi) is 4.29. The summed E-state index contributed by atoms with van der Waals surface area (Å²) in [5.41, 5.74) is 3.35. The molecule has 0 nitrogen and oxygen atoms in total. The number of thiophene rings is 1. The van der Waals surface area contributed by atoms with Gasteiger partial charge in [-0.2, -0.15) is 0 Å². The lowest BCUT2D eigenvalue weighted by atomic mass is 9.81. The van der Waals surface area contributed by atoms with Crippen LogP contribution in [-0.4, -0.2) is 0 Å². The topological polar surface area (TPSA) is 0 Å². The monoisotopic (exact) mass is 362 g/mol. The Morgan fingerprint density at radius 2 is 1.90 bits per heavy atom. The molecule has 3 rings (SSSR count). The number of aryl methyl sites for hydroxylation is 1. The summed E-state index contributed by atoms with van der Waals surface area (Å²) >= 11 is 5.98. The normalized spacial score (nSPS) is 20.1. The number of halogens is 1. The average molecular weight is 363 g/mol. The highest BCUT2D eigenvalue weighted by Crippen LogP contribution is 2.47. The van der Waals surface area contributed by atoms with E-state index in [1.165, 1.54) is 29.0 Å². The van der Waals surface area contributed by atoms with Gasteiger partial charge in [0.2, 0.25) is 0 Å². The van der Waals surface area contributed by atoms with Gasteiger partial charge in [-0.05, 0) is 47.9 Å². The van der Waals surface area contributed by atoms with Crippen LogP contribution in [0.25, 0.3) is 0 Å². The van der Waals surface area contributed by atoms with Gasteiger partial charge in [-0.3, -0.25) is 0 Å². The first-order valence-electron chi connectivity index (χ1n) is 7.79. The molecule has 0 fully saturated rings. The summed E-state index contributed by atoms with van der Waals surface area (Å²) in [5, 5.41) is 0. The van der Waals surface area contributed by atoms with Gasteiger partial charge in [0.15, 0.2) is 0 Å². The first kappa shape index (κ1) is 15.3. The molecule has 2 atom stereocenters. The van der Waals surface area contributed by atoms with Crippen molar-refractivity contribution >= 4 is 27.3 Å². The van der Waals surface area contributed by atoms with Gasteiger partial charge < -0.3 is 0 Å². The predicted molar refractivity (Wildman–Crippen MR) is 96.8 cm³/mol. The molecule has 112 valence electrons. The lowest BCUT2D eigenvalue weighted by Gasteiger charge is -2.29. The van der Waals surface area contributed by atoms with Crippen LogP contribution in [0.2, 0.25) is 0 Å². The van der Waals surface area contributed by atoms with Gasteiger partial charge in [-0.25, -0.2) is 0 Å². The van der Waals surface area contributed by atoms with Gasteiger partial charge in [0.05, 0.1) is 4.83 Å². The molecule has 0 spiro atoms. The molecule has 2 aromatic rings. The number of hydrogen-bond acceptors (Lipinski definition) is 1. The van der Waals surface area contributed by atoms with Crippen LogP contribution in [0, 0.1) is 0 Å². The van der Waals surface area contributed by atoms with Crippen molar-refractivity contribution in [3.63, 3.8) is 0 Å². The maximum absolute atomic E-state index is 4.01. The minimum atomic E-state index is 0.250. The van der Waals surface area contributed by atoms with E-state index in [0.29, 0.717) is 10.7 Å². The summed E-state index contributed by atoms with van der Waals surface area (Å²) in [5.74, 6) is 0.612. The minimum absolute atomic E-state index is 0.250. The summed E-state index contributed by atoms with van der Waals surface area (Å²) < 4.78 is 0. The summed E-state index contributed by atoms with van der Waals surface area (Å²) in [4.78, 5) is 3.40. The molecule has 2 unspecified atom stereocenters. The van der Waals surface area contributed by atoms with Gasteiger partial charge >= 0.3 is 0 Å². The van der Waals surface area contributed by atoms with Crippen LogP contribution < -0.4 is 0 Å². The molecule has 0 bridgehead atoms. The molecule has 0 saturated carbocycles. The third-order valence-electron chi connectivity index (χ3n) is 4.41. The van der Waals surface area contributed by atoms with E-state index in [-0.39, 0.29) is 5.41 Å². The van der Waals surface area contributed by atoms with Crippen molar-refractivity contribution in [1.29, 1.82) is 0 Å². The fourth-order valence-electron chi connectivity index (χ4n) is 3.20. The molecule has 1 aliphatic carbocycles. The maximum Gasteiger partial charge on any atom is 0.0557 e. The van der Waals surface area contributed by atoms with Crippen molar-refractivity contribution < 1.29 is 0 Å². The molecule has 2 heteroatoms. The number of rotatable bonds is 2. The molecule has 0 amide bonds. The third-order valence-corrected chi connectivity index (χ3v) is 7.44. The summed E-state index contributed by atoms with van der Waals surface area (Å²) in [7, 11) is 0. The Morgan fingerprint density at radius 3 is 2.62 bits per heavy atom. The van der Waals surface area contributed by atoms with Crippen LogP contribution in [0.3, 0.4) is 0 Å². The Balaban J connectivity index is 1.89. The van der Waals surface area contributed by atoms with Crippen molar-refractivity contribution in [3.05, 3.63) is 57.3 Å². The quantitative estimate of drug-likeness (QED) is 0.527. The fraction of sp³-hybridized carbons (Fsp3) is 0.474. The second-order valence-electron chi connectivity index (χ2n) is 7.05. The Morgan fingerprint density at radius 1 is 1.14 bits per heavy atom. The predicted octanol–water partition coefficient (Wildman–Crippen LogP) is 6.60. The number of benzene rings is 1.